The molecule has 2 N–H and O–H groups in total. The van der Waals surface area contributed by atoms with E-state index >= 15 is 0 Å². The summed E-state index contributed by atoms with van der Waals surface area (Å²) in [4.78, 5) is 0.325. The van der Waals surface area contributed by atoms with Crippen LogP contribution in [0.15, 0.2) is 29.2 Å². The van der Waals surface area contributed by atoms with Crippen LogP contribution < -0.4 is 5.73 Å². The molecule has 0 heterocycles. The lowest BCUT2D eigenvalue weighted by molar-refractivity contribution is 0.292. The first-order valence-electron chi connectivity index (χ1n) is 7.17. The van der Waals surface area contributed by atoms with Crippen molar-refractivity contribution >= 4 is 22.4 Å². The van der Waals surface area contributed by atoms with Gasteiger partial charge in [0.15, 0.2) is 0 Å². The molecule has 0 amide bonds. The van der Waals surface area contributed by atoms with E-state index in [2.05, 4.69) is 20.8 Å². The largest absolute Gasteiger partial charge is 0.330 e. The summed E-state index contributed by atoms with van der Waals surface area (Å²) in [7, 11) is -1.87. The van der Waals surface area contributed by atoms with Crippen molar-refractivity contribution < 1.29 is 8.42 Å². The lowest BCUT2D eigenvalue weighted by atomic mass is 9.87. The molecule has 4 nitrogen and oxygen atoms in total. The normalized spacial score (nSPS) is 13.1. The van der Waals surface area contributed by atoms with Gasteiger partial charge in [-0.2, -0.15) is 0 Å². The monoisotopic (exact) mass is 348 g/mol. The first kappa shape index (κ1) is 21.4. The van der Waals surface area contributed by atoms with E-state index in [0.29, 0.717) is 18.0 Å². The van der Waals surface area contributed by atoms with E-state index in [1.165, 1.54) is 4.31 Å². The van der Waals surface area contributed by atoms with Crippen LogP contribution in [-0.4, -0.2) is 32.9 Å². The van der Waals surface area contributed by atoms with E-state index in [4.69, 9.17) is 5.73 Å². The van der Waals surface area contributed by atoms with Crippen molar-refractivity contribution in [3.05, 3.63) is 29.8 Å². The molecule has 6 heteroatoms. The van der Waals surface area contributed by atoms with Gasteiger partial charge in [-0.25, -0.2) is 12.7 Å². The van der Waals surface area contributed by atoms with E-state index in [1.54, 1.807) is 19.2 Å². The average molecular weight is 349 g/mol. The molecule has 22 heavy (non-hydrogen) atoms. The highest BCUT2D eigenvalue weighted by Crippen LogP contribution is 2.25. The Morgan fingerprint density at radius 1 is 1.05 bits per heavy atom. The highest BCUT2D eigenvalue weighted by Gasteiger charge is 2.27. The van der Waals surface area contributed by atoms with Gasteiger partial charge in [0, 0.05) is 13.6 Å². The molecule has 0 aliphatic heterocycles. The molecular weight excluding hydrogens is 320 g/mol. The van der Waals surface area contributed by atoms with Crippen LogP contribution in [0, 0.1) is 5.41 Å². The van der Waals surface area contributed by atoms with E-state index < -0.39 is 10.0 Å². The second-order valence-corrected chi connectivity index (χ2v) is 9.45. The maximum Gasteiger partial charge on any atom is 0.242 e. The summed E-state index contributed by atoms with van der Waals surface area (Å²) < 4.78 is 26.5. The van der Waals surface area contributed by atoms with Crippen LogP contribution in [-0.2, 0) is 15.4 Å². The minimum absolute atomic E-state index is 0. The third-order valence-corrected chi connectivity index (χ3v) is 5.45. The van der Waals surface area contributed by atoms with Crippen molar-refractivity contribution in [1.82, 2.24) is 4.31 Å². The number of benzene rings is 1. The van der Waals surface area contributed by atoms with Crippen LogP contribution in [0.1, 0.15) is 40.2 Å². The van der Waals surface area contributed by atoms with Gasteiger partial charge in [0.25, 0.3) is 0 Å². The SMILES string of the molecule is CN(CC(C)(C)CN)S(=O)(=O)c1ccc(C(C)(C)C)cc1.Cl. The summed E-state index contributed by atoms with van der Waals surface area (Å²) in [5.74, 6) is 0. The quantitative estimate of drug-likeness (QED) is 0.889. The fraction of sp³-hybridized carbons (Fsp3) is 0.625. The third-order valence-electron chi connectivity index (χ3n) is 3.63. The standard InChI is InChI=1S/C16H28N2O2S.ClH/c1-15(2,3)13-7-9-14(10-8-13)21(19,20)18(6)12-16(4,5)11-17;/h7-10H,11-12,17H2,1-6H3;1H. The molecule has 1 rings (SSSR count). The lowest BCUT2D eigenvalue weighted by Crippen LogP contribution is -2.39. The summed E-state index contributed by atoms with van der Waals surface area (Å²) >= 11 is 0. The Bertz CT molecular complexity index is 575. The van der Waals surface area contributed by atoms with Crippen LogP contribution in [0.5, 0.6) is 0 Å². The Hall–Kier alpha value is -0.620. The number of rotatable bonds is 5. The molecule has 0 bridgehead atoms. The minimum atomic E-state index is -3.47. The number of halogens is 1. The molecule has 0 aliphatic rings. The zero-order chi connectivity index (χ0) is 16.5. The molecule has 0 unspecified atom stereocenters. The number of nitrogens with two attached hydrogens (primary N) is 1. The number of sulfonamides is 1. The second-order valence-electron chi connectivity index (χ2n) is 7.40. The Morgan fingerprint density at radius 2 is 1.50 bits per heavy atom. The van der Waals surface area contributed by atoms with Crippen LogP contribution >= 0.6 is 12.4 Å². The molecule has 0 spiro atoms. The first-order valence-corrected chi connectivity index (χ1v) is 8.61. The molecule has 0 fully saturated rings. The van der Waals surface area contributed by atoms with Gasteiger partial charge in [0.2, 0.25) is 10.0 Å². The van der Waals surface area contributed by atoms with E-state index in [9.17, 15) is 8.42 Å². The van der Waals surface area contributed by atoms with E-state index in [-0.39, 0.29) is 23.2 Å². The number of nitrogens with zero attached hydrogens (tertiary/aromatic N) is 1. The van der Waals surface area contributed by atoms with Crippen molar-refractivity contribution in [1.29, 1.82) is 0 Å². The van der Waals surface area contributed by atoms with Crippen molar-refractivity contribution in [2.45, 2.75) is 44.9 Å². The summed E-state index contributed by atoms with van der Waals surface area (Å²) in [5.41, 5.74) is 6.57. The second kappa shape index (κ2) is 7.30. The van der Waals surface area contributed by atoms with E-state index in [0.717, 1.165) is 5.56 Å². The van der Waals surface area contributed by atoms with Crippen LogP contribution in [0.4, 0.5) is 0 Å². The van der Waals surface area contributed by atoms with Gasteiger partial charge in [0.1, 0.15) is 0 Å². The number of hydrogen-bond donors (Lipinski definition) is 1. The van der Waals surface area contributed by atoms with Gasteiger partial charge in [-0.15, -0.1) is 12.4 Å². The summed E-state index contributed by atoms with van der Waals surface area (Å²) in [5, 5.41) is 0. The summed E-state index contributed by atoms with van der Waals surface area (Å²) in [6, 6.07) is 7.13. The molecule has 1 aromatic carbocycles. The zero-order valence-electron chi connectivity index (χ0n) is 14.4. The van der Waals surface area contributed by atoms with E-state index in [1.807, 2.05) is 26.0 Å². The highest BCUT2D eigenvalue weighted by molar-refractivity contribution is 7.89. The Kier molecular flexibility index (Phi) is 7.09. The van der Waals surface area contributed by atoms with Gasteiger partial charge >= 0.3 is 0 Å². The molecule has 0 atom stereocenters. The van der Waals surface area contributed by atoms with Crippen molar-refractivity contribution in [2.75, 3.05) is 20.1 Å². The van der Waals surface area contributed by atoms with Gasteiger partial charge in [0.05, 0.1) is 4.90 Å². The Labute approximate surface area is 141 Å². The minimum Gasteiger partial charge on any atom is -0.330 e. The third kappa shape index (κ3) is 5.23. The fourth-order valence-electron chi connectivity index (χ4n) is 2.06. The Morgan fingerprint density at radius 3 is 1.86 bits per heavy atom. The predicted octanol–water partition coefficient (Wildman–Crippen LogP) is 3.01. The maximum absolute atomic E-state index is 12.6. The predicted molar refractivity (Wildman–Crippen MR) is 95.0 cm³/mol. The summed E-state index contributed by atoms with van der Waals surface area (Å²) in [6.45, 7) is 11.1. The number of hydrogen-bond acceptors (Lipinski definition) is 3. The van der Waals surface area contributed by atoms with Crippen molar-refractivity contribution in [2.24, 2.45) is 11.1 Å². The summed E-state index contributed by atoms with van der Waals surface area (Å²) in [6.07, 6.45) is 0. The smallest absolute Gasteiger partial charge is 0.242 e. The molecule has 0 aliphatic carbocycles. The van der Waals surface area contributed by atoms with Gasteiger partial charge < -0.3 is 5.73 Å². The Balaban J connectivity index is 0.00000441. The molecule has 128 valence electrons. The van der Waals surface area contributed by atoms with Crippen LogP contribution in [0.3, 0.4) is 0 Å². The van der Waals surface area contributed by atoms with Gasteiger partial charge in [-0.1, -0.05) is 46.8 Å². The van der Waals surface area contributed by atoms with Gasteiger partial charge in [-0.3, -0.25) is 0 Å². The topological polar surface area (TPSA) is 63.4 Å². The molecule has 0 aromatic heterocycles. The van der Waals surface area contributed by atoms with Crippen molar-refractivity contribution in [3.63, 3.8) is 0 Å². The molecule has 0 saturated heterocycles. The van der Waals surface area contributed by atoms with Crippen LogP contribution in [0.25, 0.3) is 0 Å². The first-order chi connectivity index (χ1) is 9.40. The maximum atomic E-state index is 12.6. The van der Waals surface area contributed by atoms with Gasteiger partial charge in [-0.05, 0) is 35.1 Å². The lowest BCUT2D eigenvalue weighted by Gasteiger charge is -2.28. The average Bonchev–Trinajstić information content (AvgIpc) is 2.37. The molecule has 0 radical (unpaired) electrons. The molecular formula is C16H29ClN2O2S. The molecule has 1 aromatic rings. The fourth-order valence-corrected chi connectivity index (χ4v) is 3.42. The molecule has 0 saturated carbocycles. The zero-order valence-corrected chi connectivity index (χ0v) is 16.0. The van der Waals surface area contributed by atoms with Crippen molar-refractivity contribution in [3.8, 4) is 0 Å². The highest BCUT2D eigenvalue weighted by atomic mass is 35.5. The van der Waals surface area contributed by atoms with Crippen LogP contribution in [0.2, 0.25) is 0 Å².